The van der Waals surface area contributed by atoms with Crippen LogP contribution < -0.4 is 5.73 Å². The van der Waals surface area contributed by atoms with Crippen LogP contribution in [0.1, 0.15) is 37.8 Å². The van der Waals surface area contributed by atoms with Crippen molar-refractivity contribution >= 4 is 12.4 Å². The molecule has 0 saturated carbocycles. The van der Waals surface area contributed by atoms with Gasteiger partial charge in [0.15, 0.2) is 0 Å². The van der Waals surface area contributed by atoms with E-state index in [0.717, 1.165) is 12.8 Å². The summed E-state index contributed by atoms with van der Waals surface area (Å²) in [4.78, 5) is 0. The predicted octanol–water partition coefficient (Wildman–Crippen LogP) is 3.39. The van der Waals surface area contributed by atoms with Crippen LogP contribution in [0, 0.1) is 6.92 Å². The zero-order valence-electron chi connectivity index (χ0n) is 9.21. The number of benzene rings is 1. The van der Waals surface area contributed by atoms with Gasteiger partial charge in [-0.05, 0) is 30.9 Å². The Bertz CT molecular complexity index is 279. The third-order valence-electron chi connectivity index (χ3n) is 2.94. The fraction of sp³-hybridized carbons (Fsp3) is 0.500. The van der Waals surface area contributed by atoms with Crippen molar-refractivity contribution in [1.29, 1.82) is 0 Å². The Labute approximate surface area is 93.1 Å². The Hall–Kier alpha value is -0.530. The van der Waals surface area contributed by atoms with Crippen molar-refractivity contribution in [2.45, 2.75) is 39.2 Å². The predicted molar refractivity (Wildman–Crippen MR) is 64.9 cm³/mol. The molecule has 0 aliphatic heterocycles. The topological polar surface area (TPSA) is 26.0 Å². The quantitative estimate of drug-likeness (QED) is 0.819. The van der Waals surface area contributed by atoms with Crippen molar-refractivity contribution in [2.24, 2.45) is 5.73 Å². The smallest absolute Gasteiger partial charge is 0.0407 e. The third-order valence-corrected chi connectivity index (χ3v) is 2.94. The lowest BCUT2D eigenvalue weighted by Crippen LogP contribution is -2.35. The standard InChI is InChI=1S/C12H19N.ClH/c1-4-12(13,5-2)11-9-7-6-8-10(11)3;/h6-9H,4-5,13H2,1-3H3;1H. The number of hydrogen-bond donors (Lipinski definition) is 1. The SMILES string of the molecule is CCC(N)(CC)c1ccccc1C.Cl. The molecule has 0 radical (unpaired) electrons. The van der Waals surface area contributed by atoms with Gasteiger partial charge in [0.2, 0.25) is 0 Å². The van der Waals surface area contributed by atoms with Crippen LogP contribution >= 0.6 is 12.4 Å². The lowest BCUT2D eigenvalue weighted by molar-refractivity contribution is 0.410. The molecule has 0 atom stereocenters. The van der Waals surface area contributed by atoms with Crippen molar-refractivity contribution in [3.05, 3.63) is 35.4 Å². The summed E-state index contributed by atoms with van der Waals surface area (Å²) in [5, 5.41) is 0. The van der Waals surface area contributed by atoms with Crippen LogP contribution in [0.2, 0.25) is 0 Å². The van der Waals surface area contributed by atoms with E-state index < -0.39 is 0 Å². The molecule has 0 aliphatic carbocycles. The molecule has 1 rings (SSSR count). The van der Waals surface area contributed by atoms with E-state index in [0.29, 0.717) is 0 Å². The molecule has 80 valence electrons. The van der Waals surface area contributed by atoms with Gasteiger partial charge in [0, 0.05) is 5.54 Å². The Kier molecular flexibility index (Phi) is 5.17. The second-order valence-corrected chi connectivity index (χ2v) is 3.68. The molecule has 0 amide bonds. The first kappa shape index (κ1) is 13.5. The highest BCUT2D eigenvalue weighted by molar-refractivity contribution is 5.85. The van der Waals surface area contributed by atoms with Crippen LogP contribution in [-0.4, -0.2) is 0 Å². The number of aryl methyl sites for hydroxylation is 1. The van der Waals surface area contributed by atoms with E-state index in [2.05, 4.69) is 45.0 Å². The van der Waals surface area contributed by atoms with E-state index in [1.165, 1.54) is 11.1 Å². The van der Waals surface area contributed by atoms with Gasteiger partial charge in [-0.15, -0.1) is 12.4 Å². The van der Waals surface area contributed by atoms with E-state index in [9.17, 15) is 0 Å². The van der Waals surface area contributed by atoms with Gasteiger partial charge in [0.05, 0.1) is 0 Å². The molecule has 1 aromatic rings. The van der Waals surface area contributed by atoms with Crippen LogP contribution in [0.15, 0.2) is 24.3 Å². The molecule has 0 bridgehead atoms. The van der Waals surface area contributed by atoms with Gasteiger partial charge in [-0.2, -0.15) is 0 Å². The third kappa shape index (κ3) is 2.49. The fourth-order valence-corrected chi connectivity index (χ4v) is 1.76. The Morgan fingerprint density at radius 2 is 1.64 bits per heavy atom. The van der Waals surface area contributed by atoms with Crippen LogP contribution in [0.3, 0.4) is 0 Å². The minimum atomic E-state index is -0.134. The highest BCUT2D eigenvalue weighted by Crippen LogP contribution is 2.27. The van der Waals surface area contributed by atoms with Crippen molar-refractivity contribution < 1.29 is 0 Å². The zero-order chi connectivity index (χ0) is 9.90. The average Bonchev–Trinajstić information content (AvgIpc) is 2.17. The molecule has 0 fully saturated rings. The first-order valence-electron chi connectivity index (χ1n) is 4.99. The Morgan fingerprint density at radius 3 is 2.07 bits per heavy atom. The maximum absolute atomic E-state index is 6.32. The Morgan fingerprint density at radius 1 is 1.14 bits per heavy atom. The number of halogens is 1. The molecule has 0 aromatic heterocycles. The molecule has 2 N–H and O–H groups in total. The van der Waals surface area contributed by atoms with E-state index in [1.54, 1.807) is 0 Å². The molecule has 14 heavy (non-hydrogen) atoms. The van der Waals surface area contributed by atoms with Crippen LogP contribution in [0.4, 0.5) is 0 Å². The molecule has 1 nitrogen and oxygen atoms in total. The summed E-state index contributed by atoms with van der Waals surface area (Å²) in [5.41, 5.74) is 8.78. The van der Waals surface area contributed by atoms with E-state index in [-0.39, 0.29) is 17.9 Å². The largest absolute Gasteiger partial charge is 0.321 e. The maximum atomic E-state index is 6.32. The summed E-state index contributed by atoms with van der Waals surface area (Å²) in [6, 6.07) is 8.39. The highest BCUT2D eigenvalue weighted by atomic mass is 35.5. The lowest BCUT2D eigenvalue weighted by Gasteiger charge is -2.28. The highest BCUT2D eigenvalue weighted by Gasteiger charge is 2.23. The van der Waals surface area contributed by atoms with Crippen molar-refractivity contribution in [1.82, 2.24) is 0 Å². The number of hydrogen-bond acceptors (Lipinski definition) is 1. The zero-order valence-corrected chi connectivity index (χ0v) is 10.0. The summed E-state index contributed by atoms with van der Waals surface area (Å²) >= 11 is 0. The van der Waals surface area contributed by atoms with Crippen molar-refractivity contribution in [3.8, 4) is 0 Å². The first-order valence-corrected chi connectivity index (χ1v) is 4.99. The van der Waals surface area contributed by atoms with E-state index in [4.69, 9.17) is 5.73 Å². The van der Waals surface area contributed by atoms with Gasteiger partial charge in [0.1, 0.15) is 0 Å². The van der Waals surface area contributed by atoms with Gasteiger partial charge < -0.3 is 5.73 Å². The maximum Gasteiger partial charge on any atom is 0.0407 e. The van der Waals surface area contributed by atoms with Gasteiger partial charge in [-0.1, -0.05) is 38.1 Å². The summed E-state index contributed by atoms with van der Waals surface area (Å²) in [5.74, 6) is 0. The molecule has 1 aromatic carbocycles. The number of nitrogens with two attached hydrogens (primary N) is 1. The summed E-state index contributed by atoms with van der Waals surface area (Å²) in [6.07, 6.45) is 1.99. The number of rotatable bonds is 3. The molecular formula is C12H20ClN. The second-order valence-electron chi connectivity index (χ2n) is 3.68. The van der Waals surface area contributed by atoms with Crippen molar-refractivity contribution in [2.75, 3.05) is 0 Å². The lowest BCUT2D eigenvalue weighted by atomic mass is 9.83. The van der Waals surface area contributed by atoms with Crippen molar-refractivity contribution in [3.63, 3.8) is 0 Å². The molecule has 0 aliphatic rings. The molecule has 0 heterocycles. The van der Waals surface area contributed by atoms with Crippen LogP contribution in [0.25, 0.3) is 0 Å². The Balaban J connectivity index is 0.00000169. The van der Waals surface area contributed by atoms with Gasteiger partial charge in [-0.3, -0.25) is 0 Å². The van der Waals surface area contributed by atoms with E-state index in [1.807, 2.05) is 0 Å². The minimum absolute atomic E-state index is 0. The monoisotopic (exact) mass is 213 g/mol. The first-order chi connectivity index (χ1) is 6.14. The normalized spacial score (nSPS) is 10.9. The molecule has 0 spiro atoms. The van der Waals surface area contributed by atoms with Gasteiger partial charge in [0.25, 0.3) is 0 Å². The van der Waals surface area contributed by atoms with Gasteiger partial charge in [-0.25, -0.2) is 0 Å². The van der Waals surface area contributed by atoms with Gasteiger partial charge >= 0.3 is 0 Å². The second kappa shape index (κ2) is 5.38. The fourth-order valence-electron chi connectivity index (χ4n) is 1.76. The molecular weight excluding hydrogens is 194 g/mol. The average molecular weight is 214 g/mol. The molecule has 0 saturated heterocycles. The molecule has 2 heteroatoms. The summed E-state index contributed by atoms with van der Waals surface area (Å²) in [6.45, 7) is 6.42. The summed E-state index contributed by atoms with van der Waals surface area (Å²) in [7, 11) is 0. The van der Waals surface area contributed by atoms with Crippen LogP contribution in [0.5, 0.6) is 0 Å². The molecule has 0 unspecified atom stereocenters. The minimum Gasteiger partial charge on any atom is -0.321 e. The van der Waals surface area contributed by atoms with E-state index >= 15 is 0 Å². The summed E-state index contributed by atoms with van der Waals surface area (Å²) < 4.78 is 0. The van der Waals surface area contributed by atoms with Crippen LogP contribution in [-0.2, 0) is 5.54 Å².